The molecule has 1 aromatic carbocycles. The minimum Gasteiger partial charge on any atom is -0.504 e. The van der Waals surface area contributed by atoms with E-state index in [-0.39, 0.29) is 11.8 Å². The summed E-state index contributed by atoms with van der Waals surface area (Å²) in [6.07, 6.45) is 1.97. The summed E-state index contributed by atoms with van der Waals surface area (Å²) in [5.41, 5.74) is 0.281. The van der Waals surface area contributed by atoms with Crippen molar-refractivity contribution < 1.29 is 14.9 Å². The third kappa shape index (κ3) is 4.93. The summed E-state index contributed by atoms with van der Waals surface area (Å²) in [4.78, 5) is 0. The molecule has 19 heavy (non-hydrogen) atoms. The van der Waals surface area contributed by atoms with Gasteiger partial charge in [-0.2, -0.15) is 11.8 Å². The van der Waals surface area contributed by atoms with E-state index in [1.54, 1.807) is 23.9 Å². The van der Waals surface area contributed by atoms with E-state index in [4.69, 9.17) is 4.74 Å². The van der Waals surface area contributed by atoms with Gasteiger partial charge in [0.05, 0.1) is 12.7 Å². The van der Waals surface area contributed by atoms with E-state index in [1.165, 1.54) is 7.11 Å². The fourth-order valence-electron chi connectivity index (χ4n) is 1.82. The highest BCUT2D eigenvalue weighted by Gasteiger charge is 2.20. The highest BCUT2D eigenvalue weighted by atomic mass is 32.2. The number of methoxy groups -OCH3 is 1. The normalized spacial score (nSPS) is 15.8. The number of nitrogens with one attached hydrogen (secondary N) is 1. The van der Waals surface area contributed by atoms with Crippen LogP contribution in [0.2, 0.25) is 0 Å². The van der Waals surface area contributed by atoms with Crippen molar-refractivity contribution in [3.8, 4) is 11.5 Å². The quantitative estimate of drug-likeness (QED) is 0.716. The third-order valence-corrected chi connectivity index (χ3v) is 3.86. The molecule has 0 aliphatic heterocycles. The van der Waals surface area contributed by atoms with Gasteiger partial charge in [0, 0.05) is 18.3 Å². The maximum Gasteiger partial charge on any atom is 0.160 e. The molecule has 2 atom stereocenters. The van der Waals surface area contributed by atoms with E-state index in [0.29, 0.717) is 18.0 Å². The Bertz CT molecular complexity index is 410. The van der Waals surface area contributed by atoms with Crippen LogP contribution in [0.5, 0.6) is 11.5 Å². The van der Waals surface area contributed by atoms with Crippen LogP contribution in [0.15, 0.2) is 18.2 Å². The van der Waals surface area contributed by atoms with Crippen LogP contribution < -0.4 is 10.1 Å². The Morgan fingerprint density at radius 1 is 1.47 bits per heavy atom. The van der Waals surface area contributed by atoms with E-state index in [9.17, 15) is 10.2 Å². The maximum atomic E-state index is 10.1. The van der Waals surface area contributed by atoms with Gasteiger partial charge in [-0.15, -0.1) is 0 Å². The van der Waals surface area contributed by atoms with Crippen molar-refractivity contribution in [1.29, 1.82) is 0 Å². The SMILES string of the molecule is COc1cc(C(C)NCC(C)(O)CSC)ccc1O. The minimum atomic E-state index is -0.727. The van der Waals surface area contributed by atoms with Crippen LogP contribution in [0, 0.1) is 0 Å². The van der Waals surface area contributed by atoms with Gasteiger partial charge >= 0.3 is 0 Å². The van der Waals surface area contributed by atoms with Crippen molar-refractivity contribution in [3.05, 3.63) is 23.8 Å². The molecule has 5 heteroatoms. The van der Waals surface area contributed by atoms with Crippen molar-refractivity contribution in [1.82, 2.24) is 5.32 Å². The van der Waals surface area contributed by atoms with Crippen LogP contribution in [0.25, 0.3) is 0 Å². The monoisotopic (exact) mass is 285 g/mol. The van der Waals surface area contributed by atoms with Crippen molar-refractivity contribution in [3.63, 3.8) is 0 Å². The molecule has 0 spiro atoms. The molecule has 0 radical (unpaired) electrons. The molecule has 0 saturated carbocycles. The number of rotatable bonds is 7. The number of hydrogen-bond acceptors (Lipinski definition) is 5. The molecular formula is C14H23NO3S. The van der Waals surface area contributed by atoms with Crippen molar-refractivity contribution in [2.24, 2.45) is 0 Å². The van der Waals surface area contributed by atoms with Crippen LogP contribution >= 0.6 is 11.8 Å². The molecule has 108 valence electrons. The lowest BCUT2D eigenvalue weighted by Crippen LogP contribution is -2.40. The number of phenols is 1. The first kappa shape index (κ1) is 16.1. The molecule has 0 saturated heterocycles. The molecule has 1 rings (SSSR count). The van der Waals surface area contributed by atoms with Gasteiger partial charge in [0.25, 0.3) is 0 Å². The highest BCUT2D eigenvalue weighted by molar-refractivity contribution is 7.98. The molecule has 0 aliphatic rings. The van der Waals surface area contributed by atoms with Gasteiger partial charge in [0.1, 0.15) is 0 Å². The topological polar surface area (TPSA) is 61.7 Å². The number of phenolic OH excluding ortho intramolecular Hbond substituents is 1. The zero-order valence-electron chi connectivity index (χ0n) is 11.9. The Hall–Kier alpha value is -0.910. The van der Waals surface area contributed by atoms with Crippen LogP contribution in [-0.2, 0) is 0 Å². The lowest BCUT2D eigenvalue weighted by atomic mass is 10.1. The molecule has 0 aromatic heterocycles. The van der Waals surface area contributed by atoms with Crippen LogP contribution in [0.3, 0.4) is 0 Å². The first-order valence-corrected chi connectivity index (χ1v) is 7.60. The van der Waals surface area contributed by atoms with E-state index < -0.39 is 5.60 Å². The molecule has 0 fully saturated rings. The summed E-state index contributed by atoms with van der Waals surface area (Å²) >= 11 is 1.62. The Morgan fingerprint density at radius 2 is 2.16 bits per heavy atom. The van der Waals surface area contributed by atoms with Crippen LogP contribution in [-0.4, -0.2) is 41.5 Å². The van der Waals surface area contributed by atoms with E-state index in [1.807, 2.05) is 26.2 Å². The summed E-state index contributed by atoms with van der Waals surface area (Å²) < 4.78 is 5.09. The Labute approximate surface area is 119 Å². The first-order chi connectivity index (χ1) is 8.89. The fraction of sp³-hybridized carbons (Fsp3) is 0.571. The van der Waals surface area contributed by atoms with Crippen LogP contribution in [0.1, 0.15) is 25.5 Å². The Kier molecular flexibility index (Phi) is 5.97. The molecule has 0 bridgehead atoms. The van der Waals surface area contributed by atoms with Gasteiger partial charge in [0.15, 0.2) is 11.5 Å². The second-order valence-corrected chi connectivity index (χ2v) is 5.83. The number of aromatic hydroxyl groups is 1. The lowest BCUT2D eigenvalue weighted by Gasteiger charge is -2.25. The zero-order chi connectivity index (χ0) is 14.5. The summed E-state index contributed by atoms with van der Waals surface area (Å²) in [6.45, 7) is 4.35. The van der Waals surface area contributed by atoms with Gasteiger partial charge in [0.2, 0.25) is 0 Å². The Morgan fingerprint density at radius 3 is 2.74 bits per heavy atom. The second-order valence-electron chi connectivity index (χ2n) is 4.96. The first-order valence-electron chi connectivity index (χ1n) is 6.21. The smallest absolute Gasteiger partial charge is 0.160 e. The molecule has 0 heterocycles. The summed E-state index contributed by atoms with van der Waals surface area (Å²) in [5, 5.41) is 23.0. The molecule has 0 amide bonds. The molecular weight excluding hydrogens is 262 g/mol. The average Bonchev–Trinajstić information content (AvgIpc) is 2.36. The number of benzene rings is 1. The average molecular weight is 285 g/mol. The Balaban J connectivity index is 2.65. The van der Waals surface area contributed by atoms with Crippen LogP contribution in [0.4, 0.5) is 0 Å². The van der Waals surface area contributed by atoms with Crippen molar-refractivity contribution in [2.45, 2.75) is 25.5 Å². The maximum absolute atomic E-state index is 10.1. The molecule has 1 aromatic rings. The number of hydrogen-bond donors (Lipinski definition) is 3. The van der Waals surface area contributed by atoms with E-state index >= 15 is 0 Å². The van der Waals surface area contributed by atoms with Crippen molar-refractivity contribution >= 4 is 11.8 Å². The standard InChI is InChI=1S/C14H23NO3S/c1-10(15-8-14(2,17)9-19-4)11-5-6-12(16)13(7-11)18-3/h5-7,10,15-17H,8-9H2,1-4H3. The van der Waals surface area contributed by atoms with E-state index in [0.717, 1.165) is 5.56 Å². The summed E-state index contributed by atoms with van der Waals surface area (Å²) in [6, 6.07) is 5.34. The van der Waals surface area contributed by atoms with Gasteiger partial charge in [-0.25, -0.2) is 0 Å². The van der Waals surface area contributed by atoms with Crippen molar-refractivity contribution in [2.75, 3.05) is 25.7 Å². The minimum absolute atomic E-state index is 0.0721. The largest absolute Gasteiger partial charge is 0.504 e. The molecule has 2 unspecified atom stereocenters. The fourth-order valence-corrected chi connectivity index (χ4v) is 2.54. The van der Waals surface area contributed by atoms with Gasteiger partial charge < -0.3 is 20.3 Å². The number of ether oxygens (including phenoxy) is 1. The van der Waals surface area contributed by atoms with E-state index in [2.05, 4.69) is 5.32 Å². The second kappa shape index (κ2) is 7.03. The predicted molar refractivity (Wildman–Crippen MR) is 80.1 cm³/mol. The van der Waals surface area contributed by atoms with Gasteiger partial charge in [-0.1, -0.05) is 6.07 Å². The lowest BCUT2D eigenvalue weighted by molar-refractivity contribution is 0.0820. The number of aliphatic hydroxyl groups is 1. The molecule has 0 aliphatic carbocycles. The third-order valence-electron chi connectivity index (χ3n) is 2.95. The van der Waals surface area contributed by atoms with Gasteiger partial charge in [-0.05, 0) is 37.8 Å². The summed E-state index contributed by atoms with van der Waals surface area (Å²) in [7, 11) is 1.53. The highest BCUT2D eigenvalue weighted by Crippen LogP contribution is 2.28. The van der Waals surface area contributed by atoms with Gasteiger partial charge in [-0.3, -0.25) is 0 Å². The summed E-state index contributed by atoms with van der Waals surface area (Å²) in [5.74, 6) is 1.28. The number of thioether (sulfide) groups is 1. The zero-order valence-corrected chi connectivity index (χ0v) is 12.8. The predicted octanol–water partition coefficient (Wildman–Crippen LogP) is 2.17. The molecule has 4 nitrogen and oxygen atoms in total. The molecule has 3 N–H and O–H groups in total.